The molecule has 1 saturated heterocycles. The molecule has 2 unspecified atom stereocenters. The third kappa shape index (κ3) is 2.30. The van der Waals surface area contributed by atoms with Gasteiger partial charge in [-0.25, -0.2) is 0 Å². The second-order valence-electron chi connectivity index (χ2n) is 6.56. The normalized spacial score (nSPS) is 30.3. The van der Waals surface area contributed by atoms with Gasteiger partial charge in [0.25, 0.3) is 0 Å². The molecule has 2 aliphatic heterocycles. The minimum atomic E-state index is -0.112. The first-order chi connectivity index (χ1) is 10.7. The number of aryl methyl sites for hydroxylation is 2. The zero-order valence-corrected chi connectivity index (χ0v) is 13.1. The summed E-state index contributed by atoms with van der Waals surface area (Å²) in [4.78, 5) is 11.5. The summed E-state index contributed by atoms with van der Waals surface area (Å²) in [7, 11) is 0. The fraction of sp³-hybridized carbons (Fsp3) is 0.611. The summed E-state index contributed by atoms with van der Waals surface area (Å²) in [6.45, 7) is 4.42. The third-order valence-corrected chi connectivity index (χ3v) is 4.94. The highest BCUT2D eigenvalue weighted by Gasteiger charge is 2.60. The highest BCUT2D eigenvalue weighted by molar-refractivity contribution is 5.69. The Morgan fingerprint density at radius 3 is 3.05 bits per heavy atom. The predicted octanol–water partition coefficient (Wildman–Crippen LogP) is 2.90. The van der Waals surface area contributed by atoms with E-state index in [1.165, 1.54) is 16.7 Å². The fourth-order valence-electron chi connectivity index (χ4n) is 4.01. The van der Waals surface area contributed by atoms with E-state index < -0.39 is 0 Å². The molecule has 4 nitrogen and oxygen atoms in total. The molecule has 0 N–H and O–H groups in total. The summed E-state index contributed by atoms with van der Waals surface area (Å²) in [5.41, 5.74) is 3.81. The fourth-order valence-corrected chi connectivity index (χ4v) is 4.01. The van der Waals surface area contributed by atoms with Crippen molar-refractivity contribution in [3.8, 4) is 5.75 Å². The Balaban J connectivity index is 1.50. The van der Waals surface area contributed by atoms with E-state index in [0.29, 0.717) is 37.3 Å². The largest absolute Gasteiger partial charge is 0.489 e. The minimum absolute atomic E-state index is 0.112. The molecule has 4 atom stereocenters. The van der Waals surface area contributed by atoms with Crippen LogP contribution in [0.2, 0.25) is 0 Å². The molecule has 4 rings (SSSR count). The molecule has 118 valence electrons. The second-order valence-corrected chi connectivity index (χ2v) is 6.56. The van der Waals surface area contributed by atoms with Crippen molar-refractivity contribution in [2.45, 2.75) is 63.8 Å². The Kier molecular flexibility index (Phi) is 3.37. The lowest BCUT2D eigenvalue weighted by Crippen LogP contribution is -2.17. The van der Waals surface area contributed by atoms with Crippen molar-refractivity contribution in [2.75, 3.05) is 6.61 Å². The number of hydrogen-bond acceptors (Lipinski definition) is 4. The van der Waals surface area contributed by atoms with Gasteiger partial charge in [0.05, 0.1) is 24.7 Å². The van der Waals surface area contributed by atoms with Crippen LogP contribution in [0, 0.1) is 6.92 Å². The van der Waals surface area contributed by atoms with Gasteiger partial charge in [0, 0.05) is 18.4 Å². The molecule has 2 fully saturated rings. The van der Waals surface area contributed by atoms with Gasteiger partial charge < -0.3 is 14.2 Å². The second kappa shape index (κ2) is 5.27. The predicted molar refractivity (Wildman–Crippen MR) is 81.2 cm³/mol. The molecule has 0 amide bonds. The molecule has 1 saturated carbocycles. The Bertz CT molecular complexity index is 609. The van der Waals surface area contributed by atoms with E-state index in [2.05, 4.69) is 19.1 Å². The molecule has 2 heterocycles. The maximum atomic E-state index is 11.5. The Morgan fingerprint density at radius 2 is 2.23 bits per heavy atom. The van der Waals surface area contributed by atoms with Gasteiger partial charge >= 0.3 is 5.97 Å². The van der Waals surface area contributed by atoms with Crippen LogP contribution in [0.1, 0.15) is 48.8 Å². The summed E-state index contributed by atoms with van der Waals surface area (Å²) < 4.78 is 16.9. The van der Waals surface area contributed by atoms with Gasteiger partial charge in [-0.2, -0.15) is 0 Å². The van der Waals surface area contributed by atoms with Crippen LogP contribution in [0.15, 0.2) is 12.1 Å². The van der Waals surface area contributed by atoms with Crippen LogP contribution < -0.4 is 4.74 Å². The Hall–Kier alpha value is -1.55. The first-order valence-electron chi connectivity index (χ1n) is 8.28. The van der Waals surface area contributed by atoms with Gasteiger partial charge in [0.1, 0.15) is 11.9 Å². The van der Waals surface area contributed by atoms with Crippen LogP contribution >= 0.6 is 0 Å². The lowest BCUT2D eigenvalue weighted by molar-refractivity contribution is -0.143. The van der Waals surface area contributed by atoms with Gasteiger partial charge in [0.2, 0.25) is 0 Å². The van der Waals surface area contributed by atoms with Crippen LogP contribution in [0.5, 0.6) is 5.75 Å². The smallest absolute Gasteiger partial charge is 0.305 e. The van der Waals surface area contributed by atoms with Crippen molar-refractivity contribution >= 4 is 5.97 Å². The number of carbonyl (C=O) groups is 1. The standard InChI is InChI=1S/C18H22O4/c1-3-20-15(19)6-4-5-11-7-10(2)8-12-16-13(21-17(11)12)9-14-18(16)22-14/h7-8,13-14,16,18H,3-6,9H2,1-2H3/t13?,14-,16?,18-/m1/s1. The van der Waals surface area contributed by atoms with Crippen LogP contribution in [0.4, 0.5) is 0 Å². The molecule has 0 bridgehead atoms. The lowest BCUT2D eigenvalue weighted by atomic mass is 9.92. The number of hydrogen-bond donors (Lipinski definition) is 0. The molecule has 0 aromatic heterocycles. The van der Waals surface area contributed by atoms with Gasteiger partial charge in [-0.15, -0.1) is 0 Å². The van der Waals surface area contributed by atoms with Gasteiger partial charge in [-0.05, 0) is 32.3 Å². The van der Waals surface area contributed by atoms with Crippen molar-refractivity contribution in [3.63, 3.8) is 0 Å². The number of carbonyl (C=O) groups excluding carboxylic acids is 1. The van der Waals surface area contributed by atoms with Crippen LogP contribution in [-0.4, -0.2) is 30.9 Å². The van der Waals surface area contributed by atoms with Crippen molar-refractivity contribution in [1.29, 1.82) is 0 Å². The molecule has 22 heavy (non-hydrogen) atoms. The summed E-state index contributed by atoms with van der Waals surface area (Å²) >= 11 is 0. The van der Waals surface area contributed by atoms with Crippen molar-refractivity contribution in [2.24, 2.45) is 0 Å². The number of ether oxygens (including phenoxy) is 3. The van der Waals surface area contributed by atoms with Gasteiger partial charge in [-0.1, -0.05) is 17.7 Å². The number of fused-ring (bicyclic) bond motifs is 5. The number of esters is 1. The highest BCUT2D eigenvalue weighted by Crippen LogP contribution is 2.56. The molecule has 3 aliphatic rings. The van der Waals surface area contributed by atoms with Gasteiger partial charge in [0.15, 0.2) is 0 Å². The summed E-state index contributed by atoms with van der Waals surface area (Å²) in [6, 6.07) is 4.44. The monoisotopic (exact) mass is 302 g/mol. The average Bonchev–Trinajstić information content (AvgIpc) is 2.98. The molecule has 1 aromatic rings. The van der Waals surface area contributed by atoms with Crippen molar-refractivity contribution in [1.82, 2.24) is 0 Å². The van der Waals surface area contributed by atoms with Crippen LogP contribution in [0.3, 0.4) is 0 Å². The topological polar surface area (TPSA) is 48.1 Å². The van der Waals surface area contributed by atoms with Crippen LogP contribution in [-0.2, 0) is 20.7 Å². The summed E-state index contributed by atoms with van der Waals surface area (Å²) in [5, 5.41) is 0. The Labute approximate surface area is 130 Å². The maximum Gasteiger partial charge on any atom is 0.305 e. The van der Waals surface area contributed by atoms with E-state index in [4.69, 9.17) is 14.2 Å². The van der Waals surface area contributed by atoms with Crippen molar-refractivity contribution in [3.05, 3.63) is 28.8 Å². The maximum absolute atomic E-state index is 11.5. The van der Waals surface area contributed by atoms with E-state index in [1.54, 1.807) is 0 Å². The number of benzene rings is 1. The first kappa shape index (κ1) is 14.1. The molecular weight excluding hydrogens is 280 g/mol. The first-order valence-corrected chi connectivity index (χ1v) is 8.28. The van der Waals surface area contributed by atoms with E-state index >= 15 is 0 Å². The summed E-state index contributed by atoms with van der Waals surface area (Å²) in [5.74, 6) is 1.36. The van der Waals surface area contributed by atoms with E-state index in [9.17, 15) is 4.79 Å². The van der Waals surface area contributed by atoms with E-state index in [0.717, 1.165) is 25.0 Å². The highest BCUT2D eigenvalue weighted by atomic mass is 16.6. The van der Waals surface area contributed by atoms with E-state index in [-0.39, 0.29) is 5.97 Å². The molecular formula is C18H22O4. The molecule has 1 aromatic carbocycles. The van der Waals surface area contributed by atoms with Crippen LogP contribution in [0.25, 0.3) is 0 Å². The van der Waals surface area contributed by atoms with Crippen molar-refractivity contribution < 1.29 is 19.0 Å². The summed E-state index contributed by atoms with van der Waals surface area (Å²) in [6.07, 6.45) is 4.25. The quantitative estimate of drug-likeness (QED) is 0.620. The lowest BCUT2D eigenvalue weighted by Gasteiger charge is -2.12. The zero-order chi connectivity index (χ0) is 15.3. The average molecular weight is 302 g/mol. The number of epoxide rings is 1. The molecule has 0 spiro atoms. The minimum Gasteiger partial charge on any atom is -0.489 e. The SMILES string of the molecule is CCOC(=O)CCCc1cc(C)cc2c1OC1C[C@H]3O[C@H]3C21. The third-order valence-electron chi connectivity index (χ3n) is 4.94. The molecule has 1 aliphatic carbocycles. The molecule has 4 heteroatoms. The van der Waals surface area contributed by atoms with E-state index in [1.807, 2.05) is 6.92 Å². The van der Waals surface area contributed by atoms with Gasteiger partial charge in [-0.3, -0.25) is 4.79 Å². The number of rotatable bonds is 5. The Morgan fingerprint density at radius 1 is 1.36 bits per heavy atom. The molecule has 0 radical (unpaired) electrons. The zero-order valence-electron chi connectivity index (χ0n) is 13.1.